The van der Waals surface area contributed by atoms with Crippen molar-refractivity contribution in [2.45, 2.75) is 458 Å². The topological polar surface area (TPSA) is 237 Å². The van der Waals surface area contributed by atoms with Crippen LogP contribution in [0.15, 0.2) is 0 Å². The molecule has 0 fully saturated rings. The number of phosphoric ester groups is 2. The number of aliphatic hydroxyl groups excluding tert-OH is 1. The van der Waals surface area contributed by atoms with Crippen molar-refractivity contribution >= 4 is 39.5 Å². The van der Waals surface area contributed by atoms with E-state index in [4.69, 9.17) is 37.0 Å². The van der Waals surface area contributed by atoms with Gasteiger partial charge in [-0.1, -0.05) is 389 Å². The third-order valence-electron chi connectivity index (χ3n) is 20.0. The van der Waals surface area contributed by atoms with Crippen molar-refractivity contribution in [2.24, 2.45) is 17.8 Å². The lowest BCUT2D eigenvalue weighted by Gasteiger charge is -2.21. The van der Waals surface area contributed by atoms with Gasteiger partial charge in [0.15, 0.2) is 12.2 Å². The van der Waals surface area contributed by atoms with E-state index in [0.717, 1.165) is 108 Å². The lowest BCUT2D eigenvalue weighted by Crippen LogP contribution is -2.30. The summed E-state index contributed by atoms with van der Waals surface area (Å²) in [6.07, 6.45) is 63.8. The van der Waals surface area contributed by atoms with Crippen LogP contribution in [0.4, 0.5) is 0 Å². The molecule has 0 saturated carbocycles. The van der Waals surface area contributed by atoms with Gasteiger partial charge in [-0.15, -0.1) is 0 Å². The Hall–Kier alpha value is -1.94. The molecule has 0 amide bonds. The Labute approximate surface area is 632 Å². The summed E-state index contributed by atoms with van der Waals surface area (Å²) in [6, 6.07) is 0. The quantitative estimate of drug-likeness (QED) is 0.0222. The lowest BCUT2D eigenvalue weighted by atomic mass is 9.99. The molecule has 3 N–H and O–H groups in total. The zero-order chi connectivity index (χ0) is 75.8. The second-order valence-corrected chi connectivity index (χ2v) is 34.3. The van der Waals surface area contributed by atoms with Gasteiger partial charge < -0.3 is 33.8 Å². The van der Waals surface area contributed by atoms with Gasteiger partial charge in [0.05, 0.1) is 26.4 Å². The summed E-state index contributed by atoms with van der Waals surface area (Å²) in [7, 11) is -9.92. The normalized spacial score (nSPS) is 14.2. The fourth-order valence-corrected chi connectivity index (χ4v) is 14.6. The summed E-state index contributed by atoms with van der Waals surface area (Å²) in [5.41, 5.74) is 0. The molecule has 0 aliphatic rings. The Bertz CT molecular complexity index is 1990. The summed E-state index contributed by atoms with van der Waals surface area (Å²) in [5.74, 6) is 0.329. The van der Waals surface area contributed by atoms with E-state index in [1.165, 1.54) is 250 Å². The molecule has 19 heteroatoms. The molecule has 0 saturated heterocycles. The maximum Gasteiger partial charge on any atom is 0.472 e. The summed E-state index contributed by atoms with van der Waals surface area (Å²) < 4.78 is 68.8. The third kappa shape index (κ3) is 76.6. The number of hydrogen-bond acceptors (Lipinski definition) is 15. The number of phosphoric acid groups is 2. The van der Waals surface area contributed by atoms with Crippen molar-refractivity contribution in [3.05, 3.63) is 0 Å². The van der Waals surface area contributed by atoms with E-state index in [1.54, 1.807) is 0 Å². The fraction of sp³-hybridized carbons (Fsp3) is 0.952. The molecule has 0 spiro atoms. The molecule has 0 heterocycles. The van der Waals surface area contributed by atoms with Gasteiger partial charge >= 0.3 is 39.5 Å². The molecule has 0 aliphatic carbocycles. The first-order valence-corrected chi connectivity index (χ1v) is 46.4. The molecule has 103 heavy (non-hydrogen) atoms. The molecule has 6 atom stereocenters. The average Bonchev–Trinajstić information content (AvgIpc) is 0.921. The van der Waals surface area contributed by atoms with Crippen LogP contribution in [-0.2, 0) is 65.4 Å². The number of rotatable bonds is 82. The van der Waals surface area contributed by atoms with Gasteiger partial charge in [0.2, 0.25) is 0 Å². The average molecular weight is 1510 g/mol. The van der Waals surface area contributed by atoms with Crippen molar-refractivity contribution in [1.29, 1.82) is 0 Å². The molecule has 0 rings (SSSR count). The molecule has 0 aliphatic heterocycles. The first-order valence-electron chi connectivity index (χ1n) is 43.4. The lowest BCUT2D eigenvalue weighted by molar-refractivity contribution is -0.161. The zero-order valence-electron chi connectivity index (χ0n) is 67.8. The van der Waals surface area contributed by atoms with Crippen LogP contribution < -0.4 is 0 Å². The van der Waals surface area contributed by atoms with Crippen LogP contribution in [0.5, 0.6) is 0 Å². The minimum Gasteiger partial charge on any atom is -0.462 e. The van der Waals surface area contributed by atoms with Crippen molar-refractivity contribution < 1.29 is 80.2 Å². The van der Waals surface area contributed by atoms with Gasteiger partial charge in [0.1, 0.15) is 19.3 Å². The molecular formula is C84H164O17P2. The van der Waals surface area contributed by atoms with Crippen LogP contribution in [0.1, 0.15) is 440 Å². The smallest absolute Gasteiger partial charge is 0.462 e. The molecule has 0 bridgehead atoms. The summed E-state index contributed by atoms with van der Waals surface area (Å²) in [5, 5.41) is 10.7. The SMILES string of the molecule is CCCCCCCCCCCCC(=O)OC[C@H](COP(=O)(O)OC[C@H](O)COP(=O)(O)OC[C@@H](COC(=O)CCCCCCCCCCCCCCCCC(C)CC)OC(=O)CCCCCCCCCCCCCCCCCCCCC(C)C)OC(=O)CCCCCCCCCCCCCC(C)C. The highest BCUT2D eigenvalue weighted by Crippen LogP contribution is 2.45. The zero-order valence-corrected chi connectivity index (χ0v) is 69.6. The number of esters is 4. The van der Waals surface area contributed by atoms with E-state index >= 15 is 0 Å². The standard InChI is InChI=1S/C84H164O17P2/c1-8-10-11-12-13-14-37-44-51-58-65-81(86)94-71-79(101-84(89)68-61-54-47-40-33-27-29-35-42-49-56-63-76(5)6)73-98-102(90,91)96-69-78(85)70-97-103(92,93)99-74-80(72-95-82(87)66-59-52-45-38-31-25-22-21-24-30-36-43-50-57-64-77(7)9-2)100-83(88)67-60-53-46-39-32-26-20-18-16-15-17-19-23-28-34-41-48-55-62-75(3)4/h75-80,85H,8-74H2,1-7H3,(H,90,91)(H,92,93)/t77?,78-,79+,80+/m0/s1. The molecule has 0 radical (unpaired) electrons. The summed E-state index contributed by atoms with van der Waals surface area (Å²) in [6.45, 7) is 12.0. The van der Waals surface area contributed by atoms with E-state index in [9.17, 15) is 43.2 Å². The van der Waals surface area contributed by atoms with Crippen molar-refractivity contribution in [1.82, 2.24) is 0 Å². The van der Waals surface area contributed by atoms with Crippen LogP contribution in [0.3, 0.4) is 0 Å². The Morgan fingerprint density at radius 3 is 0.738 bits per heavy atom. The molecule has 612 valence electrons. The van der Waals surface area contributed by atoms with Crippen LogP contribution in [0.25, 0.3) is 0 Å². The van der Waals surface area contributed by atoms with Gasteiger partial charge in [0, 0.05) is 25.7 Å². The first kappa shape index (κ1) is 101. The molecule has 0 aromatic carbocycles. The van der Waals surface area contributed by atoms with Crippen molar-refractivity contribution in [3.8, 4) is 0 Å². The fourth-order valence-electron chi connectivity index (χ4n) is 13.0. The Kier molecular flexibility index (Phi) is 72.8. The Morgan fingerprint density at radius 2 is 0.495 bits per heavy atom. The Morgan fingerprint density at radius 1 is 0.282 bits per heavy atom. The van der Waals surface area contributed by atoms with Crippen LogP contribution >= 0.6 is 15.6 Å². The third-order valence-corrected chi connectivity index (χ3v) is 21.9. The molecule has 0 aromatic rings. The van der Waals surface area contributed by atoms with Crippen molar-refractivity contribution in [2.75, 3.05) is 39.6 Å². The second kappa shape index (κ2) is 74.2. The predicted molar refractivity (Wildman–Crippen MR) is 423 cm³/mol. The summed E-state index contributed by atoms with van der Waals surface area (Å²) in [4.78, 5) is 73.1. The van der Waals surface area contributed by atoms with E-state index in [2.05, 4.69) is 48.5 Å². The number of ether oxygens (including phenoxy) is 4. The largest absolute Gasteiger partial charge is 0.472 e. The van der Waals surface area contributed by atoms with Crippen LogP contribution in [-0.4, -0.2) is 96.7 Å². The minimum atomic E-state index is -4.96. The highest BCUT2D eigenvalue weighted by molar-refractivity contribution is 7.47. The number of unbranched alkanes of at least 4 members (excludes halogenated alkanes) is 49. The van der Waals surface area contributed by atoms with Gasteiger partial charge in [-0.05, 0) is 43.4 Å². The first-order chi connectivity index (χ1) is 49.8. The van der Waals surface area contributed by atoms with E-state index in [-0.39, 0.29) is 25.7 Å². The highest BCUT2D eigenvalue weighted by atomic mass is 31.2. The van der Waals surface area contributed by atoms with Gasteiger partial charge in [-0.25, -0.2) is 9.13 Å². The number of hydrogen-bond donors (Lipinski definition) is 3. The maximum atomic E-state index is 13.1. The van der Waals surface area contributed by atoms with Gasteiger partial charge in [0.25, 0.3) is 0 Å². The Balaban J connectivity index is 5.23. The molecule has 3 unspecified atom stereocenters. The van der Waals surface area contributed by atoms with Gasteiger partial charge in [-0.3, -0.25) is 37.3 Å². The molecular weight excluding hydrogens is 1340 g/mol. The number of aliphatic hydroxyl groups is 1. The second-order valence-electron chi connectivity index (χ2n) is 31.4. The van der Waals surface area contributed by atoms with Gasteiger partial charge in [-0.2, -0.15) is 0 Å². The highest BCUT2D eigenvalue weighted by Gasteiger charge is 2.30. The van der Waals surface area contributed by atoms with E-state index in [1.807, 2.05) is 0 Å². The van der Waals surface area contributed by atoms with Crippen molar-refractivity contribution in [3.63, 3.8) is 0 Å². The van der Waals surface area contributed by atoms with E-state index < -0.39 is 97.5 Å². The minimum absolute atomic E-state index is 0.107. The monoisotopic (exact) mass is 1510 g/mol. The summed E-state index contributed by atoms with van der Waals surface area (Å²) >= 11 is 0. The molecule has 0 aromatic heterocycles. The predicted octanol–water partition coefficient (Wildman–Crippen LogP) is 25.3. The number of carbonyl (C=O) groups excluding carboxylic acids is 4. The van der Waals surface area contributed by atoms with Crippen LogP contribution in [0, 0.1) is 17.8 Å². The van der Waals surface area contributed by atoms with Crippen LogP contribution in [0.2, 0.25) is 0 Å². The maximum absolute atomic E-state index is 13.1. The van der Waals surface area contributed by atoms with E-state index in [0.29, 0.717) is 25.7 Å². The molecule has 17 nitrogen and oxygen atoms in total. The number of carbonyl (C=O) groups is 4.